The van der Waals surface area contributed by atoms with Crippen LogP contribution in [-0.4, -0.2) is 11.1 Å². The van der Waals surface area contributed by atoms with Gasteiger partial charge in [-0.15, -0.1) is 11.6 Å². The third-order valence-corrected chi connectivity index (χ3v) is 2.20. The highest BCUT2D eigenvalue weighted by molar-refractivity contribution is 6.35. The molecular formula is C8H5Cl2FO2. The first-order valence-corrected chi connectivity index (χ1v) is 4.16. The Kier molecular flexibility index (Phi) is 3.12. The first-order valence-electron chi connectivity index (χ1n) is 3.35. The van der Waals surface area contributed by atoms with Crippen LogP contribution >= 0.6 is 23.2 Å². The Morgan fingerprint density at radius 3 is 2.62 bits per heavy atom. The van der Waals surface area contributed by atoms with Crippen LogP contribution < -0.4 is 0 Å². The summed E-state index contributed by atoms with van der Waals surface area (Å²) in [4.78, 5) is 10.4. The minimum Gasteiger partial charge on any atom is -0.480 e. The number of carboxylic acid groups (broad SMARTS) is 1. The van der Waals surface area contributed by atoms with Crippen LogP contribution in [0.4, 0.5) is 4.39 Å². The zero-order chi connectivity index (χ0) is 10.0. The largest absolute Gasteiger partial charge is 0.480 e. The molecule has 0 aliphatic carbocycles. The molecule has 0 spiro atoms. The van der Waals surface area contributed by atoms with Gasteiger partial charge in [0.2, 0.25) is 0 Å². The molecule has 1 aromatic rings. The second kappa shape index (κ2) is 3.94. The molecule has 0 aliphatic rings. The molecular weight excluding hydrogens is 218 g/mol. The van der Waals surface area contributed by atoms with E-state index in [4.69, 9.17) is 28.3 Å². The van der Waals surface area contributed by atoms with Crippen molar-refractivity contribution in [2.45, 2.75) is 5.38 Å². The average Bonchev–Trinajstić information content (AvgIpc) is 2.03. The molecule has 1 rings (SSSR count). The highest BCUT2D eigenvalue weighted by atomic mass is 35.5. The zero-order valence-corrected chi connectivity index (χ0v) is 7.81. The fraction of sp³-hybridized carbons (Fsp3) is 0.125. The van der Waals surface area contributed by atoms with Gasteiger partial charge in [0.1, 0.15) is 5.82 Å². The van der Waals surface area contributed by atoms with Gasteiger partial charge in [-0.2, -0.15) is 0 Å². The Morgan fingerprint density at radius 2 is 2.15 bits per heavy atom. The lowest BCUT2D eigenvalue weighted by Gasteiger charge is -2.07. The van der Waals surface area contributed by atoms with Gasteiger partial charge in [-0.25, -0.2) is 4.39 Å². The van der Waals surface area contributed by atoms with Crippen LogP contribution in [0.15, 0.2) is 18.2 Å². The van der Waals surface area contributed by atoms with Crippen molar-refractivity contribution < 1.29 is 14.3 Å². The van der Waals surface area contributed by atoms with Gasteiger partial charge in [0.05, 0.1) is 0 Å². The summed E-state index contributed by atoms with van der Waals surface area (Å²) in [6.45, 7) is 0. The number of hydrogen-bond donors (Lipinski definition) is 1. The standard InChI is InChI=1S/C8H5Cl2FO2/c9-4-2-1-3-5(11)6(4)7(10)8(12)13/h1-3,7H,(H,12,13). The van der Waals surface area contributed by atoms with Crippen molar-refractivity contribution >= 4 is 29.2 Å². The first-order chi connectivity index (χ1) is 6.04. The topological polar surface area (TPSA) is 37.3 Å². The first kappa shape index (κ1) is 10.3. The molecule has 0 saturated carbocycles. The highest BCUT2D eigenvalue weighted by Gasteiger charge is 2.22. The fourth-order valence-corrected chi connectivity index (χ4v) is 1.43. The zero-order valence-electron chi connectivity index (χ0n) is 6.30. The van der Waals surface area contributed by atoms with E-state index in [1.165, 1.54) is 12.1 Å². The highest BCUT2D eigenvalue weighted by Crippen LogP contribution is 2.30. The van der Waals surface area contributed by atoms with Crippen LogP contribution in [0.1, 0.15) is 10.9 Å². The second-order valence-corrected chi connectivity index (χ2v) is 3.18. The summed E-state index contributed by atoms with van der Waals surface area (Å²) in [6, 6.07) is 3.88. The van der Waals surface area contributed by atoms with E-state index < -0.39 is 17.2 Å². The molecule has 0 heterocycles. The van der Waals surface area contributed by atoms with Crippen LogP contribution in [0.3, 0.4) is 0 Å². The number of alkyl halides is 1. The maximum Gasteiger partial charge on any atom is 0.326 e. The van der Waals surface area contributed by atoms with Crippen LogP contribution in [0, 0.1) is 5.82 Å². The molecule has 0 saturated heterocycles. The van der Waals surface area contributed by atoms with Crippen molar-refractivity contribution in [1.82, 2.24) is 0 Å². The molecule has 0 amide bonds. The maximum absolute atomic E-state index is 13.0. The monoisotopic (exact) mass is 222 g/mol. The van der Waals surface area contributed by atoms with Gasteiger partial charge in [0.15, 0.2) is 5.38 Å². The number of carboxylic acids is 1. The van der Waals surface area contributed by atoms with Gasteiger partial charge in [-0.1, -0.05) is 17.7 Å². The third-order valence-electron chi connectivity index (χ3n) is 1.47. The predicted octanol–water partition coefficient (Wildman–Crippen LogP) is 2.84. The van der Waals surface area contributed by atoms with Gasteiger partial charge in [-0.05, 0) is 12.1 Å². The Labute approximate surface area is 83.9 Å². The molecule has 13 heavy (non-hydrogen) atoms. The smallest absolute Gasteiger partial charge is 0.326 e. The molecule has 70 valence electrons. The minimum atomic E-state index is -1.45. The molecule has 0 radical (unpaired) electrons. The molecule has 0 bridgehead atoms. The summed E-state index contributed by atoms with van der Waals surface area (Å²) in [5, 5.41) is 7.09. The Morgan fingerprint density at radius 1 is 1.54 bits per heavy atom. The molecule has 0 aromatic heterocycles. The lowest BCUT2D eigenvalue weighted by molar-refractivity contribution is -0.136. The number of benzene rings is 1. The van der Waals surface area contributed by atoms with Crippen LogP contribution in [0.25, 0.3) is 0 Å². The van der Waals surface area contributed by atoms with E-state index in [2.05, 4.69) is 0 Å². The SMILES string of the molecule is O=C(O)C(Cl)c1c(F)cccc1Cl. The summed E-state index contributed by atoms with van der Waals surface area (Å²) >= 11 is 11.0. The second-order valence-electron chi connectivity index (χ2n) is 2.34. The molecule has 1 N–H and O–H groups in total. The normalized spacial score (nSPS) is 12.5. The van der Waals surface area contributed by atoms with E-state index in [0.29, 0.717) is 0 Å². The van der Waals surface area contributed by atoms with Crippen LogP contribution in [0.5, 0.6) is 0 Å². The summed E-state index contributed by atoms with van der Waals surface area (Å²) in [7, 11) is 0. The summed E-state index contributed by atoms with van der Waals surface area (Å²) in [5.41, 5.74) is -0.196. The summed E-state index contributed by atoms with van der Waals surface area (Å²) < 4.78 is 13.0. The maximum atomic E-state index is 13.0. The molecule has 2 nitrogen and oxygen atoms in total. The van der Waals surface area contributed by atoms with E-state index in [-0.39, 0.29) is 10.6 Å². The Balaban J connectivity index is 3.20. The molecule has 1 aromatic carbocycles. The van der Waals surface area contributed by atoms with Crippen LogP contribution in [-0.2, 0) is 4.79 Å². The van der Waals surface area contributed by atoms with E-state index in [1.807, 2.05) is 0 Å². The van der Waals surface area contributed by atoms with Gasteiger partial charge >= 0.3 is 5.97 Å². The van der Waals surface area contributed by atoms with E-state index in [0.717, 1.165) is 6.07 Å². The molecule has 1 atom stereocenters. The molecule has 5 heteroatoms. The van der Waals surface area contributed by atoms with E-state index in [9.17, 15) is 9.18 Å². The quantitative estimate of drug-likeness (QED) is 0.782. The number of rotatable bonds is 2. The van der Waals surface area contributed by atoms with Crippen molar-refractivity contribution in [3.63, 3.8) is 0 Å². The number of hydrogen-bond acceptors (Lipinski definition) is 1. The summed E-state index contributed by atoms with van der Waals surface area (Å²) in [5.74, 6) is -2.04. The van der Waals surface area contributed by atoms with Gasteiger partial charge in [-0.3, -0.25) is 4.79 Å². The molecule has 0 fully saturated rings. The minimum absolute atomic E-state index is 0.0161. The van der Waals surface area contributed by atoms with Gasteiger partial charge in [0.25, 0.3) is 0 Å². The number of aliphatic carboxylic acids is 1. The van der Waals surface area contributed by atoms with Gasteiger partial charge < -0.3 is 5.11 Å². The predicted molar refractivity (Wildman–Crippen MR) is 47.6 cm³/mol. The Hall–Kier alpha value is -0.800. The lowest BCUT2D eigenvalue weighted by Crippen LogP contribution is -2.07. The Bertz CT molecular complexity index is 321. The van der Waals surface area contributed by atoms with Gasteiger partial charge in [0, 0.05) is 10.6 Å². The van der Waals surface area contributed by atoms with Crippen molar-refractivity contribution in [2.75, 3.05) is 0 Å². The molecule has 0 aliphatic heterocycles. The van der Waals surface area contributed by atoms with Crippen molar-refractivity contribution in [1.29, 1.82) is 0 Å². The van der Waals surface area contributed by atoms with Crippen LogP contribution in [0.2, 0.25) is 5.02 Å². The average molecular weight is 223 g/mol. The summed E-state index contributed by atoms with van der Waals surface area (Å²) in [6.07, 6.45) is 0. The third kappa shape index (κ3) is 2.11. The number of halogens is 3. The van der Waals surface area contributed by atoms with E-state index in [1.54, 1.807) is 0 Å². The fourth-order valence-electron chi connectivity index (χ4n) is 0.876. The lowest BCUT2D eigenvalue weighted by atomic mass is 10.1. The van der Waals surface area contributed by atoms with Crippen molar-refractivity contribution in [2.24, 2.45) is 0 Å². The van der Waals surface area contributed by atoms with Crippen molar-refractivity contribution in [3.8, 4) is 0 Å². The molecule has 1 unspecified atom stereocenters. The van der Waals surface area contributed by atoms with E-state index >= 15 is 0 Å². The van der Waals surface area contributed by atoms with Crippen molar-refractivity contribution in [3.05, 3.63) is 34.6 Å². The number of carbonyl (C=O) groups is 1.